The quantitative estimate of drug-likeness (QED) is 0.848. The fourth-order valence-electron chi connectivity index (χ4n) is 3.67. The Balaban J connectivity index is 1.52. The minimum Gasteiger partial charge on any atom is -0.339 e. The minimum atomic E-state index is -1.54. The first kappa shape index (κ1) is 16.2. The van der Waals surface area contributed by atoms with E-state index in [0.29, 0.717) is 23.8 Å². The number of carbonyl (C=O) groups is 1. The van der Waals surface area contributed by atoms with Crippen molar-refractivity contribution in [2.75, 3.05) is 6.54 Å². The summed E-state index contributed by atoms with van der Waals surface area (Å²) >= 11 is 0. The Labute approximate surface area is 146 Å². The first-order valence-electron chi connectivity index (χ1n) is 8.89. The Hall–Kier alpha value is -2.24. The van der Waals surface area contributed by atoms with Crippen LogP contribution < -0.4 is 0 Å². The number of rotatable bonds is 4. The van der Waals surface area contributed by atoms with Gasteiger partial charge >= 0.3 is 0 Å². The molecule has 1 saturated heterocycles. The molecule has 132 valence electrons. The normalized spacial score (nSPS) is 28.6. The first-order chi connectivity index (χ1) is 12.0. The van der Waals surface area contributed by atoms with Crippen LogP contribution >= 0.6 is 0 Å². The van der Waals surface area contributed by atoms with Gasteiger partial charge in [-0.05, 0) is 18.4 Å². The zero-order valence-electron chi connectivity index (χ0n) is 14.5. The van der Waals surface area contributed by atoms with Crippen LogP contribution in [0.15, 0.2) is 34.9 Å². The molecule has 1 amide bonds. The number of aromatic nitrogens is 2. The average molecular weight is 343 g/mol. The fraction of sp³-hybridized carbons (Fsp3) is 0.526. The van der Waals surface area contributed by atoms with Crippen LogP contribution in [0.2, 0.25) is 0 Å². The van der Waals surface area contributed by atoms with E-state index in [0.717, 1.165) is 12.8 Å². The number of halogens is 1. The molecule has 1 aromatic carbocycles. The maximum atomic E-state index is 15.1. The molecule has 5 nitrogen and oxygen atoms in total. The number of benzene rings is 1. The molecule has 1 aliphatic heterocycles. The van der Waals surface area contributed by atoms with Crippen molar-refractivity contribution in [2.24, 2.45) is 5.92 Å². The van der Waals surface area contributed by atoms with Crippen molar-refractivity contribution in [3.05, 3.63) is 47.6 Å². The van der Waals surface area contributed by atoms with E-state index in [2.05, 4.69) is 10.1 Å². The summed E-state index contributed by atoms with van der Waals surface area (Å²) in [6.45, 7) is 4.59. The third kappa shape index (κ3) is 2.73. The van der Waals surface area contributed by atoms with Gasteiger partial charge < -0.3 is 9.42 Å². The SMILES string of the molecule is CC(C)c1nc(C2CCCN2C(=O)C2CC2(F)c2ccccc2)no1. The van der Waals surface area contributed by atoms with E-state index in [-0.39, 0.29) is 24.3 Å². The van der Waals surface area contributed by atoms with Gasteiger partial charge in [-0.3, -0.25) is 4.79 Å². The minimum absolute atomic E-state index is 0.134. The number of alkyl halides is 1. The molecule has 1 saturated carbocycles. The highest BCUT2D eigenvalue weighted by Crippen LogP contribution is 2.57. The molecule has 0 radical (unpaired) electrons. The van der Waals surface area contributed by atoms with Gasteiger partial charge in [-0.2, -0.15) is 4.98 Å². The second kappa shape index (κ2) is 5.93. The third-order valence-electron chi connectivity index (χ3n) is 5.23. The standard InChI is InChI=1S/C19H22FN3O2/c1-12(2)17-21-16(22-25-17)15-9-6-10-23(15)18(24)14-11-19(14,20)13-7-4-3-5-8-13/h3-5,7-8,12,14-15H,6,9-11H2,1-2H3. The Morgan fingerprint density at radius 1 is 1.36 bits per heavy atom. The van der Waals surface area contributed by atoms with Gasteiger partial charge in [0.1, 0.15) is 5.67 Å². The van der Waals surface area contributed by atoms with Gasteiger partial charge in [0.05, 0.1) is 12.0 Å². The van der Waals surface area contributed by atoms with Gasteiger partial charge in [-0.1, -0.05) is 49.3 Å². The van der Waals surface area contributed by atoms with Crippen molar-refractivity contribution < 1.29 is 13.7 Å². The molecule has 1 aromatic heterocycles. The van der Waals surface area contributed by atoms with Crippen LogP contribution in [0.3, 0.4) is 0 Å². The molecule has 25 heavy (non-hydrogen) atoms. The van der Waals surface area contributed by atoms with Crippen molar-refractivity contribution in [1.82, 2.24) is 15.0 Å². The number of hydrogen-bond acceptors (Lipinski definition) is 4. The second-order valence-electron chi connectivity index (χ2n) is 7.32. The highest BCUT2D eigenvalue weighted by Gasteiger charge is 2.62. The summed E-state index contributed by atoms with van der Waals surface area (Å²) in [7, 11) is 0. The van der Waals surface area contributed by atoms with Gasteiger partial charge in [0.15, 0.2) is 5.82 Å². The van der Waals surface area contributed by atoms with Gasteiger partial charge in [-0.25, -0.2) is 4.39 Å². The Morgan fingerprint density at radius 2 is 2.12 bits per heavy atom. The molecule has 6 heteroatoms. The van der Waals surface area contributed by atoms with E-state index in [4.69, 9.17) is 4.52 Å². The summed E-state index contributed by atoms with van der Waals surface area (Å²) in [5, 5.41) is 4.05. The summed E-state index contributed by atoms with van der Waals surface area (Å²) in [6.07, 6.45) is 1.92. The summed E-state index contributed by atoms with van der Waals surface area (Å²) in [4.78, 5) is 19.1. The Kier molecular flexibility index (Phi) is 3.85. The number of carbonyl (C=O) groups excluding carboxylic acids is 1. The van der Waals surface area contributed by atoms with Crippen LogP contribution in [0.4, 0.5) is 4.39 Å². The van der Waals surface area contributed by atoms with E-state index in [1.807, 2.05) is 32.0 Å². The van der Waals surface area contributed by atoms with Crippen LogP contribution in [0.25, 0.3) is 0 Å². The van der Waals surface area contributed by atoms with Crippen LogP contribution in [0, 0.1) is 5.92 Å². The lowest BCUT2D eigenvalue weighted by Crippen LogP contribution is -2.34. The highest BCUT2D eigenvalue weighted by atomic mass is 19.1. The lowest BCUT2D eigenvalue weighted by Gasteiger charge is -2.23. The zero-order valence-corrected chi connectivity index (χ0v) is 14.5. The molecule has 3 atom stereocenters. The molecule has 3 unspecified atom stereocenters. The lowest BCUT2D eigenvalue weighted by atomic mass is 10.1. The number of likely N-dealkylation sites (tertiary alicyclic amines) is 1. The predicted molar refractivity (Wildman–Crippen MR) is 89.4 cm³/mol. The molecule has 0 bridgehead atoms. The van der Waals surface area contributed by atoms with E-state index in [1.54, 1.807) is 17.0 Å². The van der Waals surface area contributed by atoms with Gasteiger partial charge in [-0.15, -0.1) is 0 Å². The summed E-state index contributed by atoms with van der Waals surface area (Å²) in [5.74, 6) is 0.521. The van der Waals surface area contributed by atoms with Crippen LogP contribution in [-0.2, 0) is 10.5 Å². The molecule has 4 rings (SSSR count). The van der Waals surface area contributed by atoms with Crippen LogP contribution in [-0.4, -0.2) is 27.5 Å². The largest absolute Gasteiger partial charge is 0.339 e. The van der Waals surface area contributed by atoms with Gasteiger partial charge in [0, 0.05) is 18.9 Å². The smallest absolute Gasteiger partial charge is 0.230 e. The molecular weight excluding hydrogens is 321 g/mol. The number of hydrogen-bond donors (Lipinski definition) is 0. The summed E-state index contributed by atoms with van der Waals surface area (Å²) < 4.78 is 20.4. The fourth-order valence-corrected chi connectivity index (χ4v) is 3.67. The number of amides is 1. The molecule has 2 heterocycles. The van der Waals surface area contributed by atoms with E-state index in [1.165, 1.54) is 0 Å². The number of nitrogens with zero attached hydrogens (tertiary/aromatic N) is 3. The Morgan fingerprint density at radius 3 is 2.80 bits per heavy atom. The molecular formula is C19H22FN3O2. The summed E-state index contributed by atoms with van der Waals surface area (Å²) in [5.41, 5.74) is -0.947. The maximum Gasteiger partial charge on any atom is 0.230 e. The van der Waals surface area contributed by atoms with Gasteiger partial charge in [0.25, 0.3) is 0 Å². The van der Waals surface area contributed by atoms with E-state index < -0.39 is 11.6 Å². The van der Waals surface area contributed by atoms with Crippen LogP contribution in [0.1, 0.15) is 62.3 Å². The molecule has 2 fully saturated rings. The molecule has 1 aliphatic carbocycles. The molecule has 2 aliphatic rings. The maximum absolute atomic E-state index is 15.1. The highest BCUT2D eigenvalue weighted by molar-refractivity contribution is 5.84. The topological polar surface area (TPSA) is 59.2 Å². The van der Waals surface area contributed by atoms with E-state index >= 15 is 4.39 Å². The van der Waals surface area contributed by atoms with Crippen molar-refractivity contribution in [1.29, 1.82) is 0 Å². The van der Waals surface area contributed by atoms with Crippen molar-refractivity contribution in [3.8, 4) is 0 Å². The second-order valence-corrected chi connectivity index (χ2v) is 7.32. The third-order valence-corrected chi connectivity index (χ3v) is 5.23. The zero-order chi connectivity index (χ0) is 17.6. The van der Waals surface area contributed by atoms with E-state index in [9.17, 15) is 4.79 Å². The summed E-state index contributed by atoms with van der Waals surface area (Å²) in [6, 6.07) is 8.77. The van der Waals surface area contributed by atoms with Crippen LogP contribution in [0.5, 0.6) is 0 Å². The monoisotopic (exact) mass is 343 g/mol. The van der Waals surface area contributed by atoms with Crippen molar-refractivity contribution >= 4 is 5.91 Å². The molecule has 0 spiro atoms. The Bertz CT molecular complexity index is 776. The first-order valence-corrected chi connectivity index (χ1v) is 8.89. The molecule has 0 N–H and O–H groups in total. The van der Waals surface area contributed by atoms with Crippen molar-refractivity contribution in [3.63, 3.8) is 0 Å². The average Bonchev–Trinajstić information content (AvgIpc) is 3.01. The van der Waals surface area contributed by atoms with Gasteiger partial charge in [0.2, 0.25) is 11.8 Å². The lowest BCUT2D eigenvalue weighted by molar-refractivity contribution is -0.134. The molecule has 2 aromatic rings. The predicted octanol–water partition coefficient (Wildman–Crippen LogP) is 3.74. The van der Waals surface area contributed by atoms with Crippen molar-refractivity contribution in [2.45, 2.75) is 50.7 Å².